The van der Waals surface area contributed by atoms with Crippen molar-refractivity contribution in [3.8, 4) is 0 Å². The van der Waals surface area contributed by atoms with Crippen molar-refractivity contribution in [2.24, 2.45) is 0 Å². The zero-order valence-electron chi connectivity index (χ0n) is 21.0. The fourth-order valence-electron chi connectivity index (χ4n) is 3.74. The minimum absolute atomic E-state index is 0. The van der Waals surface area contributed by atoms with Gasteiger partial charge >= 0.3 is 11.4 Å². The number of nitrogens with one attached hydrogen (secondary N) is 1. The van der Waals surface area contributed by atoms with Crippen LogP contribution >= 0.6 is 0 Å². The van der Waals surface area contributed by atoms with E-state index in [1.165, 1.54) is 23.3 Å². The first kappa shape index (κ1) is 31.0. The fourth-order valence-corrected chi connectivity index (χ4v) is 3.74. The molecule has 17 nitrogen and oxygen atoms in total. The molecule has 2 aliphatic rings. The first-order valence-corrected chi connectivity index (χ1v) is 11.9. The Labute approximate surface area is 234 Å². The van der Waals surface area contributed by atoms with Crippen LogP contribution in [0.5, 0.6) is 0 Å². The van der Waals surface area contributed by atoms with Gasteiger partial charge in [-0.2, -0.15) is 15.3 Å². The van der Waals surface area contributed by atoms with Crippen LogP contribution in [0.25, 0.3) is 0 Å². The number of likely N-dealkylation sites (tertiary alicyclic amines) is 2. The number of nitrogens with zero attached hydrogens (tertiary/aromatic N) is 9. The average Bonchev–Trinajstić information content (AvgIpc) is 3.70. The van der Waals surface area contributed by atoms with Crippen molar-refractivity contribution in [2.75, 3.05) is 31.9 Å². The zero-order valence-corrected chi connectivity index (χ0v) is 22.4. The minimum atomic E-state index is -0.510. The number of rotatable bonds is 8. The van der Waals surface area contributed by atoms with E-state index in [-0.39, 0.29) is 41.7 Å². The number of H-pyrrole nitrogens is 1. The number of hydrogen-bond acceptors (Lipinski definition) is 10. The second-order valence-electron chi connectivity index (χ2n) is 8.44. The summed E-state index contributed by atoms with van der Waals surface area (Å²) in [6.45, 7) is 4.19. The summed E-state index contributed by atoms with van der Waals surface area (Å²) in [6, 6.07) is 0. The maximum atomic E-state index is 11.3. The maximum absolute atomic E-state index is 11.3. The number of nitro groups is 2. The van der Waals surface area contributed by atoms with E-state index in [2.05, 4.69) is 20.4 Å². The summed E-state index contributed by atoms with van der Waals surface area (Å²) in [4.78, 5) is 45.4. The molecule has 0 atom stereocenters. The Morgan fingerprint density at radius 3 is 1.72 bits per heavy atom. The molecular formula is C21H29N11O6V. The van der Waals surface area contributed by atoms with Gasteiger partial charge in [-0.3, -0.25) is 44.3 Å². The van der Waals surface area contributed by atoms with Crippen LogP contribution < -0.4 is 5.73 Å². The molecule has 0 aromatic carbocycles. The molecule has 2 saturated heterocycles. The van der Waals surface area contributed by atoms with Crippen LogP contribution in [0.1, 0.15) is 25.7 Å². The molecule has 209 valence electrons. The van der Waals surface area contributed by atoms with Crippen LogP contribution in [0.2, 0.25) is 0 Å². The van der Waals surface area contributed by atoms with Crippen LogP contribution in [0, 0.1) is 20.2 Å². The molecule has 2 fully saturated rings. The molecule has 2 amide bonds. The van der Waals surface area contributed by atoms with E-state index in [4.69, 9.17) is 5.73 Å². The van der Waals surface area contributed by atoms with Crippen LogP contribution in [0.4, 0.5) is 17.1 Å². The molecule has 39 heavy (non-hydrogen) atoms. The Morgan fingerprint density at radius 1 is 0.821 bits per heavy atom. The molecule has 0 aliphatic carbocycles. The minimum Gasteiger partial charge on any atom is -0.396 e. The van der Waals surface area contributed by atoms with E-state index in [1.54, 1.807) is 22.0 Å². The van der Waals surface area contributed by atoms with E-state index in [1.807, 2.05) is 4.90 Å². The Bertz CT molecular complexity index is 1230. The molecule has 1 radical (unpaired) electrons. The van der Waals surface area contributed by atoms with E-state index >= 15 is 0 Å². The number of hydrogen-bond donors (Lipinski definition) is 2. The van der Waals surface area contributed by atoms with Gasteiger partial charge in [-0.15, -0.1) is 0 Å². The Balaban J connectivity index is 0.000000213. The van der Waals surface area contributed by atoms with Gasteiger partial charge in [0.05, 0.1) is 41.0 Å². The van der Waals surface area contributed by atoms with Gasteiger partial charge in [-0.1, -0.05) is 0 Å². The monoisotopic (exact) mass is 582 g/mol. The van der Waals surface area contributed by atoms with Gasteiger partial charge in [0.2, 0.25) is 11.8 Å². The molecule has 5 rings (SSSR count). The van der Waals surface area contributed by atoms with Gasteiger partial charge < -0.3 is 15.5 Å². The van der Waals surface area contributed by atoms with Gasteiger partial charge in [0.1, 0.15) is 18.6 Å². The van der Waals surface area contributed by atoms with Crippen LogP contribution in [-0.2, 0) is 41.2 Å². The van der Waals surface area contributed by atoms with Crippen LogP contribution in [0.3, 0.4) is 0 Å². The number of nitrogen functional groups attached to an aromatic ring is 1. The predicted octanol–water partition coefficient (Wildman–Crippen LogP) is 0.817. The number of anilines is 1. The molecule has 5 heterocycles. The van der Waals surface area contributed by atoms with Gasteiger partial charge in [0.25, 0.3) is 0 Å². The summed E-state index contributed by atoms with van der Waals surface area (Å²) >= 11 is 0. The van der Waals surface area contributed by atoms with Crippen molar-refractivity contribution >= 4 is 28.9 Å². The largest absolute Gasteiger partial charge is 0.396 e. The first-order valence-electron chi connectivity index (χ1n) is 11.9. The summed E-state index contributed by atoms with van der Waals surface area (Å²) in [5, 5.41) is 33.8. The van der Waals surface area contributed by atoms with Gasteiger partial charge in [-0.25, -0.2) is 0 Å². The molecule has 3 N–H and O–H groups in total. The standard InChI is InChI=1S/C9H12N4O3.C9H14N4O.C3H3N3O2.V/c14-9-2-1-3-11(9)4-5-12-7-8(6-10-12)13(15)16;10-8-6-11-13(7-8)5-4-12-3-1-2-9(12)14;7-6(8)3-1-4-5-2-3;/h6-7H,1-5H2;6-7H,1-5,10H2;1-2H,(H,4,5);. The Kier molecular flexibility index (Phi) is 12.1. The van der Waals surface area contributed by atoms with Crippen molar-refractivity contribution in [1.29, 1.82) is 0 Å². The summed E-state index contributed by atoms with van der Waals surface area (Å²) in [7, 11) is 0. The van der Waals surface area contributed by atoms with Crippen LogP contribution in [-0.4, -0.2) is 87.4 Å². The third-order valence-corrected chi connectivity index (χ3v) is 5.72. The van der Waals surface area contributed by atoms with Crippen molar-refractivity contribution in [2.45, 2.75) is 38.8 Å². The first-order chi connectivity index (χ1) is 18.2. The topological polar surface area (TPSA) is 217 Å². The van der Waals surface area contributed by atoms with Gasteiger partial charge in [0, 0.05) is 63.8 Å². The van der Waals surface area contributed by atoms with Gasteiger partial charge in [0.15, 0.2) is 0 Å². The van der Waals surface area contributed by atoms with E-state index in [9.17, 15) is 29.8 Å². The summed E-state index contributed by atoms with van der Waals surface area (Å²) in [5.74, 6) is 0.409. The Hall–Kier alpha value is -4.25. The molecule has 0 unspecified atom stereocenters. The molecule has 0 spiro atoms. The maximum Gasteiger partial charge on any atom is 0.306 e. The third kappa shape index (κ3) is 9.86. The number of aromatic nitrogens is 6. The quantitative estimate of drug-likeness (QED) is 0.281. The number of aromatic amines is 1. The van der Waals surface area contributed by atoms with Crippen LogP contribution in [0.15, 0.2) is 37.2 Å². The third-order valence-electron chi connectivity index (χ3n) is 5.72. The molecule has 18 heteroatoms. The molecule has 0 bridgehead atoms. The van der Waals surface area contributed by atoms with E-state index in [0.29, 0.717) is 31.6 Å². The normalized spacial score (nSPS) is 14.3. The van der Waals surface area contributed by atoms with E-state index in [0.717, 1.165) is 45.2 Å². The number of amides is 2. The summed E-state index contributed by atoms with van der Waals surface area (Å²) in [5.41, 5.74) is 6.16. The SMILES string of the molecule is Nc1cnn(CCN2CCCC2=O)c1.O=C1CCCN1CCn1cc([N+](=O)[O-])cn1.O=[N+]([O-])c1cn[nH]c1.[V]. The molecule has 2 aliphatic heterocycles. The van der Waals surface area contributed by atoms with E-state index < -0.39 is 9.85 Å². The molecule has 3 aromatic rings. The number of carbonyl (C=O) groups excluding carboxylic acids is 2. The molecular weight excluding hydrogens is 553 g/mol. The summed E-state index contributed by atoms with van der Waals surface area (Å²) in [6.07, 6.45) is 11.6. The van der Waals surface area contributed by atoms with Crippen molar-refractivity contribution in [3.63, 3.8) is 0 Å². The number of carbonyl (C=O) groups is 2. The molecule has 3 aromatic heterocycles. The molecule has 0 saturated carbocycles. The van der Waals surface area contributed by atoms with Crippen molar-refractivity contribution < 1.29 is 38.0 Å². The van der Waals surface area contributed by atoms with Crippen molar-refractivity contribution in [1.82, 2.24) is 39.6 Å². The second kappa shape index (κ2) is 15.2. The number of nitrogens with two attached hydrogens (primary N) is 1. The predicted molar refractivity (Wildman–Crippen MR) is 132 cm³/mol. The fraction of sp³-hybridized carbons (Fsp3) is 0.476. The average molecular weight is 582 g/mol. The Morgan fingerprint density at radius 2 is 1.36 bits per heavy atom. The van der Waals surface area contributed by atoms with Gasteiger partial charge in [-0.05, 0) is 12.8 Å². The zero-order chi connectivity index (χ0) is 27.5. The van der Waals surface area contributed by atoms with Crippen molar-refractivity contribution in [3.05, 3.63) is 57.4 Å². The summed E-state index contributed by atoms with van der Waals surface area (Å²) < 4.78 is 3.25. The smallest absolute Gasteiger partial charge is 0.306 e. The second-order valence-corrected chi connectivity index (χ2v) is 8.44.